The first-order valence-electron chi connectivity index (χ1n) is 14.0. The molecule has 0 amide bonds. The Morgan fingerprint density at radius 2 is 1.68 bits per heavy atom. The molecule has 1 aromatic carbocycles. The van der Waals surface area contributed by atoms with E-state index in [2.05, 4.69) is 0 Å². The van der Waals surface area contributed by atoms with E-state index in [1.165, 1.54) is 20.8 Å². The van der Waals surface area contributed by atoms with Gasteiger partial charge >= 0.3 is 17.9 Å². The van der Waals surface area contributed by atoms with Crippen LogP contribution in [0.5, 0.6) is 0 Å². The van der Waals surface area contributed by atoms with Crippen LogP contribution in [0.4, 0.5) is 0 Å². The van der Waals surface area contributed by atoms with Gasteiger partial charge in [-0.15, -0.1) is 0 Å². The van der Waals surface area contributed by atoms with Gasteiger partial charge < -0.3 is 29.2 Å². The second-order valence-corrected chi connectivity index (χ2v) is 12.6. The molecular weight excluding hydrogens is 532 g/mol. The maximum atomic E-state index is 14.8. The highest BCUT2D eigenvalue weighted by molar-refractivity contribution is 5.95. The van der Waals surface area contributed by atoms with Crippen LogP contribution in [0.3, 0.4) is 0 Å². The van der Waals surface area contributed by atoms with E-state index in [1.807, 2.05) is 6.92 Å². The molecule has 1 saturated heterocycles. The number of ether oxygens (including phenoxy) is 4. The fourth-order valence-corrected chi connectivity index (χ4v) is 7.93. The molecule has 0 radical (unpaired) electrons. The van der Waals surface area contributed by atoms with E-state index in [0.29, 0.717) is 12.0 Å². The van der Waals surface area contributed by atoms with Gasteiger partial charge in [-0.2, -0.15) is 0 Å². The third-order valence-electron chi connectivity index (χ3n) is 10.1. The van der Waals surface area contributed by atoms with Gasteiger partial charge in [0.2, 0.25) is 0 Å². The van der Waals surface area contributed by atoms with E-state index >= 15 is 0 Å². The smallest absolute Gasteiger partial charge is 0.338 e. The quantitative estimate of drug-likeness (QED) is 0.315. The van der Waals surface area contributed by atoms with Crippen molar-refractivity contribution in [1.29, 1.82) is 0 Å². The van der Waals surface area contributed by atoms with Crippen molar-refractivity contribution in [3.63, 3.8) is 0 Å². The summed E-state index contributed by atoms with van der Waals surface area (Å²) in [6, 6.07) is 8.25. The largest absolute Gasteiger partial charge is 0.455 e. The summed E-state index contributed by atoms with van der Waals surface area (Å²) in [7, 11) is 0. The summed E-state index contributed by atoms with van der Waals surface area (Å²) in [6.07, 6.45) is -4.63. The Morgan fingerprint density at radius 3 is 2.24 bits per heavy atom. The maximum Gasteiger partial charge on any atom is 0.338 e. The highest BCUT2D eigenvalue weighted by atomic mass is 16.6. The normalized spacial score (nSPS) is 39.2. The van der Waals surface area contributed by atoms with Gasteiger partial charge in [-0.3, -0.25) is 14.4 Å². The van der Waals surface area contributed by atoms with Gasteiger partial charge in [0.25, 0.3) is 0 Å². The first-order valence-corrected chi connectivity index (χ1v) is 14.0. The van der Waals surface area contributed by atoms with Crippen LogP contribution >= 0.6 is 0 Å². The monoisotopic (exact) mass is 570 g/mol. The number of carbonyl (C=O) groups is 4. The Hall–Kier alpha value is -3.08. The number of Topliss-reactive ketones (excluding diaryl/α,β-unsaturated/α-hetero) is 1. The molecule has 10 nitrogen and oxygen atoms in total. The van der Waals surface area contributed by atoms with E-state index in [-0.39, 0.29) is 25.0 Å². The third-order valence-corrected chi connectivity index (χ3v) is 10.1. The van der Waals surface area contributed by atoms with Crippen LogP contribution in [0.2, 0.25) is 0 Å². The molecule has 41 heavy (non-hydrogen) atoms. The molecule has 1 aromatic rings. The number of hydrogen-bond donors (Lipinski definition) is 2. The van der Waals surface area contributed by atoms with E-state index in [0.717, 1.165) is 5.57 Å². The lowest BCUT2D eigenvalue weighted by atomic mass is 9.45. The number of fused-ring (bicyclic) bond motifs is 5. The first-order chi connectivity index (χ1) is 19.1. The summed E-state index contributed by atoms with van der Waals surface area (Å²) in [6.45, 7) is 9.08. The minimum Gasteiger partial charge on any atom is -0.455 e. The molecule has 3 aliphatic carbocycles. The van der Waals surface area contributed by atoms with Crippen LogP contribution in [0.15, 0.2) is 41.5 Å². The number of carbonyl (C=O) groups excluding carboxylic acids is 4. The number of benzene rings is 1. The van der Waals surface area contributed by atoms with Crippen molar-refractivity contribution >= 4 is 23.7 Å². The zero-order chi connectivity index (χ0) is 30.1. The minimum atomic E-state index is -1.83. The highest BCUT2D eigenvalue weighted by Gasteiger charge is 2.77. The number of ketones is 1. The Morgan fingerprint density at radius 1 is 1.02 bits per heavy atom. The summed E-state index contributed by atoms with van der Waals surface area (Å²) in [4.78, 5) is 53.4. The van der Waals surface area contributed by atoms with Gasteiger partial charge in [-0.05, 0) is 44.4 Å². The lowest BCUT2D eigenvalue weighted by molar-refractivity contribution is -0.345. The van der Waals surface area contributed by atoms with E-state index in [1.54, 1.807) is 44.2 Å². The molecule has 2 saturated carbocycles. The number of rotatable bonds is 4. The number of aliphatic hydroxyl groups excluding tert-OH is 1. The standard InChI is InChI=1S/C31H38O10/c1-16-12-13-31(37)26(40-27(36)19-10-8-7-9-11-19)24-29(6,20(34)14-21-30(24,15-38-21)41-18(3)33)25(35)23(39-17(2)32)22(16)28(31,4)5/h7-11,20-21,23-24,26,34,37H,12-15H2,1-6H3/t20-,21+,23+,24?,26?,29+,30-,31+/m0/s1. The fourth-order valence-electron chi connectivity index (χ4n) is 7.93. The Balaban J connectivity index is 1.81. The fraction of sp³-hybridized carbons (Fsp3) is 0.613. The zero-order valence-electron chi connectivity index (χ0n) is 24.3. The van der Waals surface area contributed by atoms with Gasteiger partial charge in [0.15, 0.2) is 17.5 Å². The lowest BCUT2D eigenvalue weighted by Gasteiger charge is -2.67. The third kappa shape index (κ3) is 4.09. The summed E-state index contributed by atoms with van der Waals surface area (Å²) < 4.78 is 23.7. The van der Waals surface area contributed by atoms with Gasteiger partial charge in [0, 0.05) is 25.7 Å². The van der Waals surface area contributed by atoms with Crippen LogP contribution in [0.25, 0.3) is 0 Å². The van der Waals surface area contributed by atoms with Crippen molar-refractivity contribution in [3.8, 4) is 0 Å². The zero-order valence-corrected chi connectivity index (χ0v) is 24.3. The topological polar surface area (TPSA) is 146 Å². The van der Waals surface area contributed by atoms with Crippen molar-refractivity contribution in [2.24, 2.45) is 16.7 Å². The second-order valence-electron chi connectivity index (χ2n) is 12.6. The van der Waals surface area contributed by atoms with Crippen molar-refractivity contribution in [2.75, 3.05) is 6.61 Å². The Kier molecular flexibility index (Phi) is 6.99. The molecule has 4 aliphatic rings. The van der Waals surface area contributed by atoms with Gasteiger partial charge in [0.1, 0.15) is 17.8 Å². The molecular formula is C31H38O10. The van der Waals surface area contributed by atoms with Crippen LogP contribution in [0, 0.1) is 16.7 Å². The summed E-state index contributed by atoms with van der Waals surface area (Å²) in [5.74, 6) is -3.96. The molecule has 2 N–H and O–H groups in total. The van der Waals surface area contributed by atoms with Crippen molar-refractivity contribution in [1.82, 2.24) is 0 Å². The molecule has 2 bridgehead atoms. The van der Waals surface area contributed by atoms with Crippen LogP contribution in [-0.4, -0.2) is 76.1 Å². The second kappa shape index (κ2) is 9.74. The average molecular weight is 571 g/mol. The molecule has 0 aromatic heterocycles. The van der Waals surface area contributed by atoms with Crippen molar-refractivity contribution < 1.29 is 48.3 Å². The summed E-state index contributed by atoms with van der Waals surface area (Å²) >= 11 is 0. The first kappa shape index (κ1) is 29.4. The van der Waals surface area contributed by atoms with Gasteiger partial charge in [0.05, 0.1) is 29.6 Å². The molecule has 3 fully saturated rings. The predicted octanol–water partition coefficient (Wildman–Crippen LogP) is 2.68. The number of esters is 3. The number of allylic oxidation sites excluding steroid dienone is 1. The molecule has 5 rings (SSSR count). The summed E-state index contributed by atoms with van der Waals surface area (Å²) in [5, 5.41) is 24.5. The van der Waals surface area contributed by atoms with E-state index < -0.39 is 76.1 Å². The molecule has 1 heterocycles. The van der Waals surface area contributed by atoms with Crippen LogP contribution in [0.1, 0.15) is 71.2 Å². The van der Waals surface area contributed by atoms with E-state index in [4.69, 9.17) is 18.9 Å². The Bertz CT molecular complexity index is 1320. The van der Waals surface area contributed by atoms with Crippen molar-refractivity contribution in [3.05, 3.63) is 47.0 Å². The molecule has 1 aliphatic heterocycles. The van der Waals surface area contributed by atoms with Gasteiger partial charge in [-0.1, -0.05) is 37.6 Å². The van der Waals surface area contributed by atoms with E-state index in [9.17, 15) is 29.4 Å². The minimum absolute atomic E-state index is 0.0575. The average Bonchev–Trinajstić information content (AvgIpc) is 2.89. The van der Waals surface area contributed by atoms with Crippen LogP contribution in [-0.2, 0) is 33.3 Å². The SMILES string of the molecule is CC(=O)O[C@H]1C(=O)[C@@]2(C)C(C(OC(=O)c3ccccc3)[C@]3(O)CCC(C)=C1C3(C)C)[C@]1(OC(C)=O)CO[C@@H]1C[C@@H]2O. The Labute approximate surface area is 239 Å². The lowest BCUT2D eigenvalue weighted by Crippen LogP contribution is -2.81. The van der Waals surface area contributed by atoms with Crippen LogP contribution < -0.4 is 0 Å². The maximum absolute atomic E-state index is 14.8. The molecule has 222 valence electrons. The molecule has 2 unspecified atom stereocenters. The number of hydrogen-bond acceptors (Lipinski definition) is 10. The predicted molar refractivity (Wildman–Crippen MR) is 143 cm³/mol. The summed E-state index contributed by atoms with van der Waals surface area (Å²) in [5.41, 5.74) is -4.98. The van der Waals surface area contributed by atoms with Crippen molar-refractivity contribution in [2.45, 2.75) is 96.4 Å². The number of aliphatic hydroxyl groups is 2. The highest BCUT2D eigenvalue weighted by Crippen LogP contribution is 2.64. The molecule has 10 heteroatoms. The van der Waals surface area contributed by atoms with Gasteiger partial charge in [-0.25, -0.2) is 4.79 Å². The molecule has 8 atom stereocenters. The molecule has 0 spiro atoms.